The van der Waals surface area contributed by atoms with Crippen molar-refractivity contribution in [2.24, 2.45) is 5.10 Å². The van der Waals surface area contributed by atoms with Crippen molar-refractivity contribution >= 4 is 35.3 Å². The van der Waals surface area contributed by atoms with Crippen LogP contribution >= 0.6 is 11.6 Å². The molecule has 3 heterocycles. The first-order valence-corrected chi connectivity index (χ1v) is 9.61. The Morgan fingerprint density at radius 3 is 2.64 bits per heavy atom. The average molecular weight is 395 g/mol. The first-order chi connectivity index (χ1) is 13.5. The molecule has 6 nitrogen and oxygen atoms in total. The number of benzene rings is 2. The van der Waals surface area contributed by atoms with E-state index >= 15 is 0 Å². The standard InChI is InChI=1S/C21H19ClN4O2/c1-13-18(27)24(2)20-21(14-6-4-3-5-7-14)10-11-23-26(21)17-9-8-15(22)12-16(17)19(28)25(13)20/h3-9,11-13,20H,10H2,1-2H3/t13-,20+,21-/m0/s1. The molecule has 0 N–H and O–H groups in total. The van der Waals surface area contributed by atoms with Crippen LogP contribution in [0.5, 0.6) is 0 Å². The lowest BCUT2D eigenvalue weighted by atomic mass is 9.83. The fourth-order valence-corrected chi connectivity index (χ4v) is 5.00. The van der Waals surface area contributed by atoms with E-state index in [2.05, 4.69) is 5.10 Å². The highest BCUT2D eigenvalue weighted by molar-refractivity contribution is 6.31. The van der Waals surface area contributed by atoms with E-state index in [-0.39, 0.29) is 11.8 Å². The van der Waals surface area contributed by atoms with Crippen molar-refractivity contribution in [3.8, 4) is 0 Å². The molecule has 0 spiro atoms. The third-order valence-corrected chi connectivity index (χ3v) is 6.32. The number of anilines is 1. The van der Waals surface area contributed by atoms with Gasteiger partial charge in [0.05, 0.1) is 11.3 Å². The first kappa shape index (κ1) is 17.3. The normalized spacial score (nSPS) is 28.3. The molecule has 2 aromatic rings. The maximum atomic E-state index is 13.6. The van der Waals surface area contributed by atoms with Gasteiger partial charge in [0.25, 0.3) is 5.91 Å². The Kier molecular flexibility index (Phi) is 3.58. The molecule has 0 aromatic heterocycles. The predicted octanol–water partition coefficient (Wildman–Crippen LogP) is 3.07. The highest BCUT2D eigenvalue weighted by Crippen LogP contribution is 2.50. The van der Waals surface area contributed by atoms with Gasteiger partial charge in [-0.05, 0) is 30.7 Å². The van der Waals surface area contributed by atoms with Crippen molar-refractivity contribution in [1.82, 2.24) is 9.80 Å². The topological polar surface area (TPSA) is 56.2 Å². The zero-order valence-electron chi connectivity index (χ0n) is 15.5. The van der Waals surface area contributed by atoms with Gasteiger partial charge in [0.2, 0.25) is 5.91 Å². The lowest BCUT2D eigenvalue weighted by molar-refractivity contribution is -0.129. The van der Waals surface area contributed by atoms with Gasteiger partial charge in [0, 0.05) is 24.7 Å². The second-order valence-electron chi connectivity index (χ2n) is 7.48. The van der Waals surface area contributed by atoms with Crippen LogP contribution in [0.1, 0.15) is 29.3 Å². The third kappa shape index (κ3) is 2.01. The lowest BCUT2D eigenvalue weighted by Crippen LogP contribution is -2.59. The molecule has 3 aliphatic rings. The fourth-order valence-electron chi connectivity index (χ4n) is 4.83. The SMILES string of the molecule is C[C@H]1C(=O)N(C)[C@@H]2N1C(=O)c1cc(Cl)ccc1N1N=CC[C@]21c1ccccc1. The van der Waals surface area contributed by atoms with E-state index in [1.54, 1.807) is 35.9 Å². The smallest absolute Gasteiger partial charge is 0.258 e. The Morgan fingerprint density at radius 2 is 1.89 bits per heavy atom. The Bertz CT molecular complexity index is 1020. The van der Waals surface area contributed by atoms with Crippen LogP contribution in [0.25, 0.3) is 0 Å². The van der Waals surface area contributed by atoms with Gasteiger partial charge in [0.15, 0.2) is 0 Å². The number of hydrogen-bond acceptors (Lipinski definition) is 4. The van der Waals surface area contributed by atoms with E-state index < -0.39 is 17.7 Å². The molecule has 5 rings (SSSR count). The molecule has 1 saturated heterocycles. The van der Waals surface area contributed by atoms with E-state index in [1.807, 2.05) is 47.6 Å². The summed E-state index contributed by atoms with van der Waals surface area (Å²) in [4.78, 5) is 29.9. The Hall–Kier alpha value is -2.86. The maximum Gasteiger partial charge on any atom is 0.258 e. The van der Waals surface area contributed by atoms with Crippen molar-refractivity contribution in [2.75, 3.05) is 12.1 Å². The van der Waals surface area contributed by atoms with E-state index in [0.717, 1.165) is 5.56 Å². The molecule has 7 heteroatoms. The minimum Gasteiger partial charge on any atom is -0.321 e. The van der Waals surface area contributed by atoms with E-state index in [4.69, 9.17) is 11.6 Å². The fraction of sp³-hybridized carbons (Fsp3) is 0.286. The van der Waals surface area contributed by atoms with Crippen LogP contribution in [0.2, 0.25) is 5.02 Å². The molecule has 0 unspecified atom stereocenters. The molecule has 0 saturated carbocycles. The molecule has 3 aliphatic heterocycles. The number of carbonyl (C=O) groups is 2. The van der Waals surface area contributed by atoms with Crippen molar-refractivity contribution in [2.45, 2.75) is 31.1 Å². The molecule has 142 valence electrons. The zero-order chi connectivity index (χ0) is 19.6. The average Bonchev–Trinajstić information content (AvgIpc) is 3.21. The second-order valence-corrected chi connectivity index (χ2v) is 7.91. The Balaban J connectivity index is 1.86. The number of rotatable bonds is 1. The lowest BCUT2D eigenvalue weighted by Gasteiger charge is -2.45. The number of amides is 2. The number of hydrogen-bond donors (Lipinski definition) is 0. The molecule has 0 radical (unpaired) electrons. The molecule has 2 aromatic carbocycles. The molecule has 0 bridgehead atoms. The summed E-state index contributed by atoms with van der Waals surface area (Å²) in [6, 6.07) is 14.7. The van der Waals surface area contributed by atoms with Gasteiger partial charge >= 0.3 is 0 Å². The minimum atomic E-state index is -0.703. The quantitative estimate of drug-likeness (QED) is 0.747. The largest absolute Gasteiger partial charge is 0.321 e. The molecule has 0 aliphatic carbocycles. The first-order valence-electron chi connectivity index (χ1n) is 9.24. The minimum absolute atomic E-state index is 0.0778. The van der Waals surface area contributed by atoms with Crippen LogP contribution in [-0.4, -0.2) is 47.1 Å². The van der Waals surface area contributed by atoms with Crippen LogP contribution < -0.4 is 5.01 Å². The summed E-state index contributed by atoms with van der Waals surface area (Å²) in [6.45, 7) is 1.78. The van der Waals surface area contributed by atoms with E-state index in [0.29, 0.717) is 22.7 Å². The zero-order valence-corrected chi connectivity index (χ0v) is 16.3. The highest BCUT2D eigenvalue weighted by atomic mass is 35.5. The summed E-state index contributed by atoms with van der Waals surface area (Å²) in [6.07, 6.45) is 1.96. The van der Waals surface area contributed by atoms with Crippen molar-refractivity contribution in [3.05, 3.63) is 64.7 Å². The van der Waals surface area contributed by atoms with Crippen LogP contribution in [0.4, 0.5) is 5.69 Å². The summed E-state index contributed by atoms with van der Waals surface area (Å²) < 4.78 is 0. The number of fused-ring (bicyclic) bond motifs is 5. The number of carbonyl (C=O) groups excluding carboxylic acids is 2. The van der Waals surface area contributed by atoms with Gasteiger partial charge in [0.1, 0.15) is 17.7 Å². The highest BCUT2D eigenvalue weighted by Gasteiger charge is 2.61. The van der Waals surface area contributed by atoms with Gasteiger partial charge < -0.3 is 9.80 Å². The van der Waals surface area contributed by atoms with Crippen LogP contribution in [0.15, 0.2) is 53.6 Å². The molecule has 28 heavy (non-hydrogen) atoms. The van der Waals surface area contributed by atoms with Gasteiger partial charge in [-0.2, -0.15) is 5.10 Å². The van der Waals surface area contributed by atoms with E-state index in [1.165, 1.54) is 0 Å². The van der Waals surface area contributed by atoms with E-state index in [9.17, 15) is 9.59 Å². The van der Waals surface area contributed by atoms with Gasteiger partial charge in [-0.3, -0.25) is 14.6 Å². The van der Waals surface area contributed by atoms with Crippen LogP contribution in [-0.2, 0) is 10.3 Å². The summed E-state index contributed by atoms with van der Waals surface area (Å²) in [7, 11) is 1.76. The van der Waals surface area contributed by atoms with Gasteiger partial charge in [-0.25, -0.2) is 0 Å². The molecular formula is C21H19ClN4O2. The maximum absolute atomic E-state index is 13.6. The number of hydrazone groups is 1. The molecular weight excluding hydrogens is 376 g/mol. The molecule has 2 amide bonds. The van der Waals surface area contributed by atoms with Crippen molar-refractivity contribution in [3.63, 3.8) is 0 Å². The van der Waals surface area contributed by atoms with Crippen molar-refractivity contribution in [1.29, 1.82) is 0 Å². The third-order valence-electron chi connectivity index (χ3n) is 6.08. The summed E-state index contributed by atoms with van der Waals surface area (Å²) in [5.41, 5.74) is 1.47. The molecule has 3 atom stereocenters. The van der Waals surface area contributed by atoms with Crippen molar-refractivity contribution < 1.29 is 9.59 Å². The number of nitrogens with zero attached hydrogens (tertiary/aromatic N) is 4. The molecule has 1 fully saturated rings. The summed E-state index contributed by atoms with van der Waals surface area (Å²) in [5.74, 6) is -0.279. The predicted molar refractivity (Wildman–Crippen MR) is 107 cm³/mol. The Labute approximate surface area is 168 Å². The van der Waals surface area contributed by atoms with Crippen LogP contribution in [0, 0.1) is 0 Å². The summed E-state index contributed by atoms with van der Waals surface area (Å²) in [5, 5.41) is 7.04. The van der Waals surface area contributed by atoms with Gasteiger partial charge in [-0.15, -0.1) is 0 Å². The monoisotopic (exact) mass is 394 g/mol. The summed E-state index contributed by atoms with van der Waals surface area (Å²) >= 11 is 6.22. The van der Waals surface area contributed by atoms with Gasteiger partial charge in [-0.1, -0.05) is 41.9 Å². The Morgan fingerprint density at radius 1 is 1.14 bits per heavy atom. The number of halogens is 1. The second kappa shape index (κ2) is 5.82. The number of likely N-dealkylation sites (N-methyl/N-ethyl adjacent to an activating group) is 1. The van der Waals surface area contributed by atoms with Crippen LogP contribution in [0.3, 0.4) is 0 Å².